The van der Waals surface area contributed by atoms with Gasteiger partial charge in [-0.2, -0.15) is 5.26 Å². The highest BCUT2D eigenvalue weighted by Crippen LogP contribution is 2.17. The Kier molecular flexibility index (Phi) is 3.73. The van der Waals surface area contributed by atoms with Crippen LogP contribution in [-0.2, 0) is 0 Å². The lowest BCUT2D eigenvalue weighted by molar-refractivity contribution is 0.846. The van der Waals surface area contributed by atoms with Crippen LogP contribution in [0.15, 0.2) is 12.1 Å². The number of nitrogens with zero attached hydrogens (tertiary/aromatic N) is 3. The third-order valence-electron chi connectivity index (χ3n) is 2.00. The van der Waals surface area contributed by atoms with Crippen molar-refractivity contribution in [3.8, 4) is 6.07 Å². The lowest BCUT2D eigenvalue weighted by Crippen LogP contribution is -2.23. The number of halogens is 1. The number of hydrogen-bond donors (Lipinski definition) is 0. The van der Waals surface area contributed by atoms with Gasteiger partial charge in [-0.1, -0.05) is 11.6 Å². The second kappa shape index (κ2) is 4.83. The molecule has 0 amide bonds. The molecule has 0 unspecified atom stereocenters. The highest BCUT2D eigenvalue weighted by Gasteiger charge is 2.06. The van der Waals surface area contributed by atoms with Crippen molar-refractivity contribution in [3.63, 3.8) is 0 Å². The van der Waals surface area contributed by atoms with Crippen molar-refractivity contribution in [1.29, 1.82) is 5.26 Å². The van der Waals surface area contributed by atoms with Crippen molar-refractivity contribution in [1.82, 2.24) is 4.98 Å². The molecule has 0 atom stereocenters. The summed E-state index contributed by atoms with van der Waals surface area (Å²) in [5.41, 5.74) is 0.548. The molecule has 0 spiro atoms. The summed E-state index contributed by atoms with van der Waals surface area (Å²) < 4.78 is 0. The molecule has 0 fully saturated rings. The number of nitriles is 1. The third kappa shape index (κ3) is 2.36. The number of rotatable bonds is 3. The van der Waals surface area contributed by atoms with E-state index in [4.69, 9.17) is 16.9 Å². The number of hydrogen-bond acceptors (Lipinski definition) is 3. The first-order valence-electron chi connectivity index (χ1n) is 4.53. The lowest BCUT2D eigenvalue weighted by atomic mass is 10.3. The largest absolute Gasteiger partial charge is 0.357 e. The van der Waals surface area contributed by atoms with E-state index in [1.807, 2.05) is 18.7 Å². The highest BCUT2D eigenvalue weighted by molar-refractivity contribution is 6.29. The molecule has 1 rings (SSSR count). The smallest absolute Gasteiger partial charge is 0.132 e. The Morgan fingerprint density at radius 3 is 2.57 bits per heavy atom. The summed E-state index contributed by atoms with van der Waals surface area (Å²) in [7, 11) is 0. The van der Waals surface area contributed by atoms with Crippen LogP contribution in [0, 0.1) is 11.3 Å². The van der Waals surface area contributed by atoms with Crippen molar-refractivity contribution >= 4 is 17.4 Å². The molecule has 14 heavy (non-hydrogen) atoms. The molecule has 3 nitrogen and oxygen atoms in total. The lowest BCUT2D eigenvalue weighted by Gasteiger charge is -2.19. The van der Waals surface area contributed by atoms with E-state index in [1.165, 1.54) is 0 Å². The molecule has 0 aromatic carbocycles. The van der Waals surface area contributed by atoms with Crippen LogP contribution in [0.2, 0.25) is 5.15 Å². The van der Waals surface area contributed by atoms with Gasteiger partial charge in [-0.25, -0.2) is 4.98 Å². The van der Waals surface area contributed by atoms with Crippen molar-refractivity contribution in [3.05, 3.63) is 22.8 Å². The summed E-state index contributed by atoms with van der Waals surface area (Å²) in [4.78, 5) is 6.21. The Balaban J connectivity index is 3.09. The first-order chi connectivity index (χ1) is 6.71. The molecule has 1 aromatic heterocycles. The Labute approximate surface area is 88.9 Å². The molecule has 1 heterocycles. The average Bonchev–Trinajstić information content (AvgIpc) is 2.19. The molecule has 0 bridgehead atoms. The summed E-state index contributed by atoms with van der Waals surface area (Å²) in [5, 5.41) is 9.13. The quantitative estimate of drug-likeness (QED) is 0.718. The van der Waals surface area contributed by atoms with Crippen LogP contribution in [0.4, 0.5) is 5.82 Å². The molecule has 74 valence electrons. The van der Waals surface area contributed by atoms with Crippen LogP contribution in [-0.4, -0.2) is 18.1 Å². The topological polar surface area (TPSA) is 39.9 Å². The maximum atomic E-state index is 8.76. The van der Waals surface area contributed by atoms with E-state index in [-0.39, 0.29) is 0 Å². The van der Waals surface area contributed by atoms with Crippen LogP contribution >= 0.6 is 11.6 Å². The van der Waals surface area contributed by atoms with Crippen LogP contribution in [0.1, 0.15) is 19.4 Å². The van der Waals surface area contributed by atoms with Crippen LogP contribution in [0.25, 0.3) is 0 Å². The van der Waals surface area contributed by atoms with Gasteiger partial charge in [0.2, 0.25) is 0 Å². The zero-order valence-corrected chi connectivity index (χ0v) is 9.04. The fourth-order valence-corrected chi connectivity index (χ4v) is 1.46. The van der Waals surface area contributed by atoms with E-state index in [0.717, 1.165) is 18.9 Å². The van der Waals surface area contributed by atoms with E-state index in [1.54, 1.807) is 12.1 Å². The van der Waals surface area contributed by atoms with Crippen LogP contribution < -0.4 is 4.90 Å². The van der Waals surface area contributed by atoms with E-state index in [2.05, 4.69) is 11.1 Å². The summed E-state index contributed by atoms with van der Waals surface area (Å²) in [6.45, 7) is 5.79. The first kappa shape index (κ1) is 10.8. The van der Waals surface area contributed by atoms with Gasteiger partial charge in [0.05, 0.1) is 11.6 Å². The summed E-state index contributed by atoms with van der Waals surface area (Å²) in [6.07, 6.45) is 0. The third-order valence-corrected chi connectivity index (χ3v) is 2.19. The zero-order valence-electron chi connectivity index (χ0n) is 8.29. The second-order valence-corrected chi connectivity index (χ2v) is 3.21. The maximum absolute atomic E-state index is 8.76. The SMILES string of the molecule is CCN(CC)c1cc(C#N)cc(Cl)n1. The fraction of sp³-hybridized carbons (Fsp3) is 0.400. The molecular formula is C10H12ClN3. The Bertz CT molecular complexity index is 353. The monoisotopic (exact) mass is 209 g/mol. The van der Waals surface area contributed by atoms with Gasteiger partial charge in [-0.05, 0) is 26.0 Å². The van der Waals surface area contributed by atoms with Crippen LogP contribution in [0.3, 0.4) is 0 Å². The maximum Gasteiger partial charge on any atom is 0.132 e. The van der Waals surface area contributed by atoms with E-state index in [0.29, 0.717) is 10.7 Å². The predicted molar refractivity (Wildman–Crippen MR) is 57.5 cm³/mol. The number of anilines is 1. The molecule has 0 radical (unpaired) electrons. The second-order valence-electron chi connectivity index (χ2n) is 2.82. The molecule has 4 heteroatoms. The van der Waals surface area contributed by atoms with Crippen molar-refractivity contribution < 1.29 is 0 Å². The van der Waals surface area contributed by atoms with Crippen molar-refractivity contribution in [2.24, 2.45) is 0 Å². The van der Waals surface area contributed by atoms with E-state index < -0.39 is 0 Å². The Morgan fingerprint density at radius 2 is 2.07 bits per heavy atom. The van der Waals surface area contributed by atoms with E-state index in [9.17, 15) is 0 Å². The Hall–Kier alpha value is -1.27. The number of pyridine rings is 1. The normalized spacial score (nSPS) is 9.57. The van der Waals surface area contributed by atoms with Gasteiger partial charge < -0.3 is 4.90 Å². The van der Waals surface area contributed by atoms with Crippen LogP contribution in [0.5, 0.6) is 0 Å². The first-order valence-corrected chi connectivity index (χ1v) is 4.91. The molecule has 0 aliphatic carbocycles. The molecule has 0 aliphatic rings. The molecule has 1 aromatic rings. The Morgan fingerprint density at radius 1 is 1.43 bits per heavy atom. The van der Waals surface area contributed by atoms with Gasteiger partial charge in [0.25, 0.3) is 0 Å². The van der Waals surface area contributed by atoms with Gasteiger partial charge in [0, 0.05) is 13.1 Å². The van der Waals surface area contributed by atoms with Gasteiger partial charge >= 0.3 is 0 Å². The van der Waals surface area contributed by atoms with Gasteiger partial charge in [-0.15, -0.1) is 0 Å². The van der Waals surface area contributed by atoms with E-state index >= 15 is 0 Å². The molecule has 0 N–H and O–H groups in total. The minimum absolute atomic E-state index is 0.367. The summed E-state index contributed by atoms with van der Waals surface area (Å²) in [6, 6.07) is 5.37. The minimum Gasteiger partial charge on any atom is -0.357 e. The molecule has 0 aliphatic heterocycles. The van der Waals surface area contributed by atoms with Gasteiger partial charge in [-0.3, -0.25) is 0 Å². The molecular weight excluding hydrogens is 198 g/mol. The highest BCUT2D eigenvalue weighted by atomic mass is 35.5. The van der Waals surface area contributed by atoms with Gasteiger partial charge in [0.15, 0.2) is 0 Å². The van der Waals surface area contributed by atoms with Gasteiger partial charge in [0.1, 0.15) is 11.0 Å². The standard InChI is InChI=1S/C10H12ClN3/c1-3-14(4-2)10-6-8(7-12)5-9(11)13-10/h5-6H,3-4H2,1-2H3. The average molecular weight is 210 g/mol. The predicted octanol–water partition coefficient (Wildman–Crippen LogP) is 2.45. The zero-order chi connectivity index (χ0) is 10.6. The number of aromatic nitrogens is 1. The summed E-state index contributed by atoms with van der Waals surface area (Å²) >= 11 is 5.80. The molecule has 0 saturated carbocycles. The molecule has 0 saturated heterocycles. The van der Waals surface area contributed by atoms with Crippen molar-refractivity contribution in [2.75, 3.05) is 18.0 Å². The summed E-state index contributed by atoms with van der Waals surface area (Å²) in [5.74, 6) is 0.763. The fourth-order valence-electron chi connectivity index (χ4n) is 1.26. The minimum atomic E-state index is 0.367. The van der Waals surface area contributed by atoms with Crippen molar-refractivity contribution in [2.45, 2.75) is 13.8 Å².